The molecule has 10 heteroatoms. The van der Waals surface area contributed by atoms with E-state index in [4.69, 9.17) is 25.8 Å². The van der Waals surface area contributed by atoms with E-state index in [9.17, 15) is 9.59 Å². The molecule has 8 nitrogen and oxygen atoms in total. The number of carbonyl (C=O) groups is 2. The molecule has 1 N–H and O–H groups in total. The summed E-state index contributed by atoms with van der Waals surface area (Å²) in [7, 11) is 3.07. The highest BCUT2D eigenvalue weighted by Crippen LogP contribution is 2.27. The number of benzene rings is 1. The number of carbonyl (C=O) groups excluding carboxylic acids is 2. The van der Waals surface area contributed by atoms with Crippen LogP contribution >= 0.6 is 23.4 Å². The Labute approximate surface area is 171 Å². The first-order valence-electron chi connectivity index (χ1n) is 8.15. The van der Waals surface area contributed by atoms with E-state index in [1.54, 1.807) is 31.6 Å². The van der Waals surface area contributed by atoms with Crippen LogP contribution in [0.25, 0.3) is 0 Å². The third-order valence-corrected chi connectivity index (χ3v) is 4.50. The zero-order valence-corrected chi connectivity index (χ0v) is 17.4. The van der Waals surface area contributed by atoms with Gasteiger partial charge in [-0.3, -0.25) is 4.79 Å². The molecular weight excluding hydrogens is 406 g/mol. The molecule has 150 valence electrons. The predicted molar refractivity (Wildman–Crippen MR) is 105 cm³/mol. The molecule has 2 aromatic rings. The molecule has 1 aromatic carbocycles. The van der Waals surface area contributed by atoms with Crippen LogP contribution in [0.15, 0.2) is 29.6 Å². The van der Waals surface area contributed by atoms with Gasteiger partial charge in [-0.15, -0.1) is 0 Å². The van der Waals surface area contributed by atoms with E-state index in [1.165, 1.54) is 32.0 Å². The Morgan fingerprint density at radius 3 is 2.61 bits per heavy atom. The van der Waals surface area contributed by atoms with Crippen molar-refractivity contribution in [3.63, 3.8) is 0 Å². The largest absolute Gasteiger partial charge is 0.493 e. The molecule has 2 rings (SSSR count). The lowest BCUT2D eigenvalue weighted by Crippen LogP contribution is -2.35. The minimum absolute atomic E-state index is 0.0562. The smallest absolute Gasteiger partial charge is 0.359 e. The normalized spacial score (nSPS) is 11.5. The number of esters is 1. The second-order valence-electron chi connectivity index (χ2n) is 5.51. The number of rotatable bonds is 8. The Kier molecular flexibility index (Phi) is 7.89. The summed E-state index contributed by atoms with van der Waals surface area (Å²) in [6, 6.07) is 5.29. The molecule has 1 heterocycles. The van der Waals surface area contributed by atoms with E-state index >= 15 is 0 Å². The molecule has 0 aliphatic rings. The number of hydrogen-bond donors (Lipinski definition) is 1. The number of hydrogen-bond acceptors (Lipinski definition) is 8. The average Bonchev–Trinajstić information content (AvgIpc) is 2.71. The molecule has 1 unspecified atom stereocenters. The van der Waals surface area contributed by atoms with Gasteiger partial charge in [-0.25, -0.2) is 14.8 Å². The van der Waals surface area contributed by atoms with Crippen LogP contribution in [0.4, 0.5) is 0 Å². The second kappa shape index (κ2) is 10.1. The quantitative estimate of drug-likeness (QED) is 0.391. The molecule has 0 bridgehead atoms. The van der Waals surface area contributed by atoms with Gasteiger partial charge in [0.2, 0.25) is 0 Å². The highest BCUT2D eigenvalue weighted by Gasteiger charge is 2.22. The summed E-state index contributed by atoms with van der Waals surface area (Å²) >= 11 is 7.21. The molecule has 1 amide bonds. The fourth-order valence-electron chi connectivity index (χ4n) is 2.19. The first kappa shape index (κ1) is 21.8. The van der Waals surface area contributed by atoms with Gasteiger partial charge < -0.3 is 19.5 Å². The van der Waals surface area contributed by atoms with Crippen LogP contribution in [-0.4, -0.2) is 48.4 Å². The minimum atomic E-state index is -1.03. The van der Waals surface area contributed by atoms with Crippen LogP contribution < -0.4 is 14.8 Å². The van der Waals surface area contributed by atoms with Gasteiger partial charge in [0, 0.05) is 6.54 Å². The van der Waals surface area contributed by atoms with Gasteiger partial charge in [0.25, 0.3) is 5.91 Å². The average molecular weight is 426 g/mol. The highest BCUT2D eigenvalue weighted by molar-refractivity contribution is 7.98. The lowest BCUT2D eigenvalue weighted by molar-refractivity contribution is -0.129. The molecule has 0 aliphatic carbocycles. The van der Waals surface area contributed by atoms with Crippen molar-refractivity contribution in [2.24, 2.45) is 0 Å². The van der Waals surface area contributed by atoms with Gasteiger partial charge in [0.1, 0.15) is 0 Å². The number of nitrogens with zero attached hydrogens (tertiary/aromatic N) is 2. The number of ether oxygens (including phenoxy) is 3. The van der Waals surface area contributed by atoms with Crippen molar-refractivity contribution in [3.05, 3.63) is 40.7 Å². The molecule has 0 saturated heterocycles. The van der Waals surface area contributed by atoms with E-state index < -0.39 is 18.0 Å². The Balaban J connectivity index is 1.97. The summed E-state index contributed by atoms with van der Waals surface area (Å²) in [5, 5.41) is 3.13. The van der Waals surface area contributed by atoms with Crippen molar-refractivity contribution < 1.29 is 23.8 Å². The van der Waals surface area contributed by atoms with Crippen LogP contribution in [0.1, 0.15) is 23.0 Å². The maximum Gasteiger partial charge on any atom is 0.359 e. The summed E-state index contributed by atoms with van der Waals surface area (Å²) in [6.07, 6.45) is 2.05. The van der Waals surface area contributed by atoms with Crippen molar-refractivity contribution in [2.45, 2.75) is 24.7 Å². The molecule has 1 atom stereocenters. The van der Waals surface area contributed by atoms with E-state index in [-0.39, 0.29) is 17.3 Å². The van der Waals surface area contributed by atoms with Gasteiger partial charge in [0.15, 0.2) is 28.5 Å². The Morgan fingerprint density at radius 1 is 1.25 bits per heavy atom. The first-order chi connectivity index (χ1) is 13.4. The van der Waals surface area contributed by atoms with Gasteiger partial charge in [-0.1, -0.05) is 29.4 Å². The van der Waals surface area contributed by atoms with Gasteiger partial charge in [-0.2, -0.15) is 0 Å². The van der Waals surface area contributed by atoms with Gasteiger partial charge in [0.05, 0.1) is 25.4 Å². The van der Waals surface area contributed by atoms with Gasteiger partial charge in [-0.05, 0) is 30.9 Å². The number of methoxy groups -OCH3 is 2. The number of thioether (sulfide) groups is 1. The number of nitrogens with one attached hydrogen (secondary N) is 1. The fourth-order valence-corrected chi connectivity index (χ4v) is 2.69. The summed E-state index contributed by atoms with van der Waals surface area (Å²) < 4.78 is 15.6. The molecule has 0 aliphatic heterocycles. The van der Waals surface area contributed by atoms with Crippen LogP contribution in [0, 0.1) is 0 Å². The van der Waals surface area contributed by atoms with Crippen molar-refractivity contribution in [1.29, 1.82) is 0 Å². The maximum absolute atomic E-state index is 12.3. The molecule has 0 radical (unpaired) electrons. The maximum atomic E-state index is 12.3. The molecular formula is C18H20ClN3O5S. The number of aromatic nitrogens is 2. The summed E-state index contributed by atoms with van der Waals surface area (Å²) in [4.78, 5) is 32.5. The molecule has 28 heavy (non-hydrogen) atoms. The molecule has 0 fully saturated rings. The molecule has 0 spiro atoms. The zero-order valence-electron chi connectivity index (χ0n) is 15.8. The standard InChI is InChI=1S/C18H20ClN3O5S/c1-10(27-17(24)15-12(19)9-21-18(22-15)28-4)16(23)20-8-11-5-6-13(25-2)14(7-11)26-3/h5-7,9-10H,8H2,1-4H3,(H,20,23). The second-order valence-corrected chi connectivity index (χ2v) is 6.69. The topological polar surface area (TPSA) is 99.6 Å². The van der Waals surface area contributed by atoms with Crippen LogP contribution in [-0.2, 0) is 16.1 Å². The number of halogens is 1. The van der Waals surface area contributed by atoms with Gasteiger partial charge >= 0.3 is 5.97 Å². The predicted octanol–water partition coefficient (Wildman–Crippen LogP) is 2.73. The lowest BCUT2D eigenvalue weighted by Gasteiger charge is -2.14. The summed E-state index contributed by atoms with van der Waals surface area (Å²) in [5.41, 5.74) is 0.716. The zero-order chi connectivity index (χ0) is 20.7. The first-order valence-corrected chi connectivity index (χ1v) is 9.76. The van der Waals surface area contributed by atoms with Crippen molar-refractivity contribution in [1.82, 2.24) is 15.3 Å². The number of amides is 1. The monoisotopic (exact) mass is 425 g/mol. The Hall–Kier alpha value is -2.52. The third kappa shape index (κ3) is 5.49. The van der Waals surface area contributed by atoms with Crippen molar-refractivity contribution in [3.8, 4) is 11.5 Å². The van der Waals surface area contributed by atoms with E-state index in [0.717, 1.165) is 5.56 Å². The fraction of sp³-hybridized carbons (Fsp3) is 0.333. The lowest BCUT2D eigenvalue weighted by atomic mass is 10.2. The van der Waals surface area contributed by atoms with Crippen molar-refractivity contribution >= 4 is 35.2 Å². The Morgan fingerprint density at radius 2 is 1.96 bits per heavy atom. The Bertz CT molecular complexity index is 865. The van der Waals surface area contributed by atoms with Crippen molar-refractivity contribution in [2.75, 3.05) is 20.5 Å². The van der Waals surface area contributed by atoms with Crippen LogP contribution in [0.2, 0.25) is 5.02 Å². The SMILES string of the molecule is COc1ccc(CNC(=O)C(C)OC(=O)c2nc(SC)ncc2Cl)cc1OC. The van der Waals surface area contributed by atoms with E-state index in [0.29, 0.717) is 16.7 Å². The third-order valence-electron chi connectivity index (χ3n) is 3.67. The van der Waals surface area contributed by atoms with Crippen LogP contribution in [0.5, 0.6) is 11.5 Å². The van der Waals surface area contributed by atoms with E-state index in [2.05, 4.69) is 15.3 Å². The minimum Gasteiger partial charge on any atom is -0.493 e. The molecule has 1 aromatic heterocycles. The summed E-state index contributed by atoms with van der Waals surface area (Å²) in [6.45, 7) is 1.69. The highest BCUT2D eigenvalue weighted by atomic mass is 35.5. The van der Waals surface area contributed by atoms with Crippen LogP contribution in [0.3, 0.4) is 0 Å². The van der Waals surface area contributed by atoms with E-state index in [1.807, 2.05) is 0 Å². The molecule has 0 saturated carbocycles. The summed E-state index contributed by atoms with van der Waals surface area (Å²) in [5.74, 6) is -0.113.